The molecule has 3 rings (SSSR count). The summed E-state index contributed by atoms with van der Waals surface area (Å²) in [5, 5.41) is 0. The minimum absolute atomic E-state index is 0.00820. The largest absolute Gasteiger partial charge is 0.481 e. The molecule has 0 fully saturated rings. The first-order chi connectivity index (χ1) is 16.9. The molecular formula is C26H26O10. The second-order valence-corrected chi connectivity index (χ2v) is 8.08. The summed E-state index contributed by atoms with van der Waals surface area (Å²) in [6.45, 7) is 10.4. The zero-order valence-electron chi connectivity index (χ0n) is 20.5. The molecule has 2 aromatic carbocycles. The van der Waals surface area contributed by atoms with Crippen molar-refractivity contribution in [2.75, 3.05) is 0 Å². The van der Waals surface area contributed by atoms with E-state index < -0.39 is 36.1 Å². The molecule has 1 aliphatic rings. The van der Waals surface area contributed by atoms with Crippen molar-refractivity contribution in [2.45, 2.75) is 53.2 Å². The Kier molecular flexibility index (Phi) is 7.98. The van der Waals surface area contributed by atoms with Gasteiger partial charge in [0.15, 0.2) is 17.6 Å². The Labute approximate surface area is 207 Å². The summed E-state index contributed by atoms with van der Waals surface area (Å²) in [6, 6.07) is 7.56. The van der Waals surface area contributed by atoms with E-state index in [0.717, 1.165) is 0 Å². The summed E-state index contributed by atoms with van der Waals surface area (Å²) in [5.74, 6) is -1.03. The third kappa shape index (κ3) is 6.62. The highest BCUT2D eigenvalue weighted by Gasteiger charge is 2.37. The summed E-state index contributed by atoms with van der Waals surface area (Å²) in [5.41, 5.74) is 1.05. The second kappa shape index (κ2) is 10.9. The Morgan fingerprint density at radius 2 is 1.42 bits per heavy atom. The molecular weight excluding hydrogens is 472 g/mol. The molecule has 10 heteroatoms. The molecule has 36 heavy (non-hydrogen) atoms. The molecule has 0 saturated heterocycles. The van der Waals surface area contributed by atoms with Crippen LogP contribution in [0.4, 0.5) is 0 Å². The topological polar surface area (TPSA) is 124 Å². The van der Waals surface area contributed by atoms with Crippen LogP contribution in [-0.4, -0.2) is 30.0 Å². The van der Waals surface area contributed by atoms with Crippen molar-refractivity contribution < 1.29 is 47.6 Å². The fourth-order valence-corrected chi connectivity index (χ4v) is 3.70. The maximum Gasteiger partial charge on any atom is 0.308 e. The van der Waals surface area contributed by atoms with Crippen LogP contribution >= 0.6 is 0 Å². The first-order valence-electron chi connectivity index (χ1n) is 11.0. The van der Waals surface area contributed by atoms with Gasteiger partial charge in [0.1, 0.15) is 23.4 Å². The van der Waals surface area contributed by atoms with Crippen molar-refractivity contribution >= 4 is 23.9 Å². The molecule has 2 atom stereocenters. The minimum Gasteiger partial charge on any atom is -0.481 e. The fraction of sp³-hybridized carbons (Fsp3) is 0.308. The molecule has 1 unspecified atom stereocenters. The number of hydrogen-bond acceptors (Lipinski definition) is 10. The first-order valence-corrected chi connectivity index (χ1v) is 11.0. The van der Waals surface area contributed by atoms with E-state index in [1.165, 1.54) is 52.0 Å². The number of rotatable bonds is 7. The van der Waals surface area contributed by atoms with E-state index in [-0.39, 0.29) is 23.7 Å². The predicted molar refractivity (Wildman–Crippen MR) is 125 cm³/mol. The lowest BCUT2D eigenvalue weighted by Gasteiger charge is -2.34. The van der Waals surface area contributed by atoms with Gasteiger partial charge in [-0.15, -0.1) is 0 Å². The average molecular weight is 498 g/mol. The molecule has 0 aliphatic carbocycles. The Morgan fingerprint density at radius 1 is 0.778 bits per heavy atom. The Hall–Kier alpha value is -4.34. The van der Waals surface area contributed by atoms with Crippen molar-refractivity contribution in [3.05, 3.63) is 53.8 Å². The Morgan fingerprint density at radius 3 is 2.00 bits per heavy atom. The van der Waals surface area contributed by atoms with E-state index in [0.29, 0.717) is 28.4 Å². The van der Waals surface area contributed by atoms with Crippen molar-refractivity contribution in [3.8, 4) is 28.7 Å². The number of carbonyl (C=O) groups excluding carboxylic acids is 4. The molecule has 0 spiro atoms. The highest BCUT2D eigenvalue weighted by atomic mass is 16.6. The van der Waals surface area contributed by atoms with E-state index in [2.05, 4.69) is 6.58 Å². The van der Waals surface area contributed by atoms with Gasteiger partial charge in [0, 0.05) is 57.4 Å². The number of esters is 4. The van der Waals surface area contributed by atoms with Gasteiger partial charge in [-0.05, 0) is 19.1 Å². The van der Waals surface area contributed by atoms with Gasteiger partial charge in [-0.3, -0.25) is 19.2 Å². The number of benzene rings is 2. The number of allylic oxidation sites excluding steroid dienone is 1. The van der Waals surface area contributed by atoms with E-state index >= 15 is 0 Å². The van der Waals surface area contributed by atoms with Gasteiger partial charge in [-0.2, -0.15) is 0 Å². The van der Waals surface area contributed by atoms with Gasteiger partial charge in [-0.1, -0.05) is 12.6 Å². The summed E-state index contributed by atoms with van der Waals surface area (Å²) in [7, 11) is 0. The summed E-state index contributed by atoms with van der Waals surface area (Å²) in [6.07, 6.45) is -1.46. The smallest absolute Gasteiger partial charge is 0.308 e. The standard InChI is InChI=1S/C26H26O10/c1-13(2)31-22-10-19(32-14(3)27)11-23-20(22)12-25(35-17(6)30)26(36-23)18-7-8-21(33-15(4)28)24(9-18)34-16(5)29/h7-11,25-26H,1,12H2,2-6H3/t25-,26?/m1/s1. The zero-order valence-corrected chi connectivity index (χ0v) is 20.5. The molecule has 1 heterocycles. The maximum atomic E-state index is 11.9. The molecule has 2 aromatic rings. The van der Waals surface area contributed by atoms with Gasteiger partial charge in [0.25, 0.3) is 0 Å². The maximum absolute atomic E-state index is 11.9. The lowest BCUT2D eigenvalue weighted by Crippen LogP contribution is -2.34. The predicted octanol–water partition coefficient (Wildman–Crippen LogP) is 3.98. The summed E-state index contributed by atoms with van der Waals surface area (Å²) >= 11 is 0. The Bertz CT molecular complexity index is 1230. The number of ether oxygens (including phenoxy) is 6. The van der Waals surface area contributed by atoms with Crippen molar-refractivity contribution in [1.29, 1.82) is 0 Å². The van der Waals surface area contributed by atoms with Crippen molar-refractivity contribution in [1.82, 2.24) is 0 Å². The molecule has 0 bridgehead atoms. The lowest BCUT2D eigenvalue weighted by atomic mass is 9.93. The van der Waals surface area contributed by atoms with E-state index in [1.807, 2.05) is 0 Å². The van der Waals surface area contributed by atoms with Gasteiger partial charge in [0.05, 0.1) is 5.76 Å². The van der Waals surface area contributed by atoms with Crippen molar-refractivity contribution in [2.24, 2.45) is 0 Å². The second-order valence-electron chi connectivity index (χ2n) is 8.08. The van der Waals surface area contributed by atoms with Crippen LogP contribution < -0.4 is 23.7 Å². The third-order valence-corrected chi connectivity index (χ3v) is 4.81. The molecule has 0 radical (unpaired) electrons. The van der Waals surface area contributed by atoms with Gasteiger partial charge in [0.2, 0.25) is 0 Å². The van der Waals surface area contributed by atoms with Crippen LogP contribution in [0.3, 0.4) is 0 Å². The van der Waals surface area contributed by atoms with Gasteiger partial charge < -0.3 is 28.4 Å². The molecule has 0 saturated carbocycles. The first kappa shape index (κ1) is 26.3. The average Bonchev–Trinajstić information content (AvgIpc) is 2.73. The summed E-state index contributed by atoms with van der Waals surface area (Å²) in [4.78, 5) is 46.6. The minimum atomic E-state index is -0.854. The highest BCUT2D eigenvalue weighted by Crippen LogP contribution is 2.45. The monoisotopic (exact) mass is 498 g/mol. The van der Waals surface area contributed by atoms with Crippen LogP contribution in [0.1, 0.15) is 51.8 Å². The van der Waals surface area contributed by atoms with Gasteiger partial charge in [-0.25, -0.2) is 0 Å². The van der Waals surface area contributed by atoms with Crippen LogP contribution in [0.15, 0.2) is 42.7 Å². The van der Waals surface area contributed by atoms with Crippen LogP contribution in [0.2, 0.25) is 0 Å². The molecule has 0 N–H and O–H groups in total. The van der Waals surface area contributed by atoms with Crippen LogP contribution in [-0.2, 0) is 30.3 Å². The molecule has 1 aliphatic heterocycles. The van der Waals surface area contributed by atoms with Crippen LogP contribution in [0.25, 0.3) is 0 Å². The van der Waals surface area contributed by atoms with Gasteiger partial charge >= 0.3 is 23.9 Å². The molecule has 0 aromatic heterocycles. The highest BCUT2D eigenvalue weighted by molar-refractivity contribution is 5.74. The van der Waals surface area contributed by atoms with E-state index in [4.69, 9.17) is 28.4 Å². The fourth-order valence-electron chi connectivity index (χ4n) is 3.70. The van der Waals surface area contributed by atoms with E-state index in [1.54, 1.807) is 13.0 Å². The molecule has 0 amide bonds. The Balaban J connectivity index is 2.11. The quantitative estimate of drug-likeness (QED) is 0.314. The normalized spacial score (nSPS) is 16.0. The number of carbonyl (C=O) groups is 4. The van der Waals surface area contributed by atoms with Crippen LogP contribution in [0.5, 0.6) is 28.7 Å². The van der Waals surface area contributed by atoms with Crippen LogP contribution in [0, 0.1) is 0 Å². The number of fused-ring (bicyclic) bond motifs is 1. The number of hydrogen-bond donors (Lipinski definition) is 0. The zero-order chi connectivity index (χ0) is 26.6. The lowest BCUT2D eigenvalue weighted by molar-refractivity contribution is -0.152. The van der Waals surface area contributed by atoms with Crippen molar-refractivity contribution in [3.63, 3.8) is 0 Å². The third-order valence-electron chi connectivity index (χ3n) is 4.81. The van der Waals surface area contributed by atoms with E-state index in [9.17, 15) is 19.2 Å². The molecule has 10 nitrogen and oxygen atoms in total. The molecule has 190 valence electrons. The summed E-state index contributed by atoms with van der Waals surface area (Å²) < 4.78 is 33.1. The SMILES string of the molecule is C=C(C)Oc1cc(OC(C)=O)cc2c1C[C@@H](OC(C)=O)C(c1ccc(OC(C)=O)c(OC(C)=O)c1)O2.